The molecule has 0 bridgehead atoms. The van der Waals surface area contributed by atoms with Crippen molar-refractivity contribution < 1.29 is 22.4 Å². The molecule has 0 spiro atoms. The first-order valence-corrected chi connectivity index (χ1v) is 9.56. The van der Waals surface area contributed by atoms with Gasteiger partial charge in [0, 0.05) is 33.1 Å². The summed E-state index contributed by atoms with van der Waals surface area (Å²) in [5.74, 6) is -1.88. The predicted octanol–water partition coefficient (Wildman–Crippen LogP) is 0.162. The van der Waals surface area contributed by atoms with Crippen LogP contribution in [0.4, 0.5) is 10.1 Å². The Morgan fingerprint density at radius 3 is 2.31 bits per heavy atom. The lowest BCUT2D eigenvalue weighted by molar-refractivity contribution is -0.133. The van der Waals surface area contributed by atoms with Crippen molar-refractivity contribution in [1.82, 2.24) is 9.21 Å². The van der Waals surface area contributed by atoms with Crippen LogP contribution in [-0.4, -0.2) is 63.2 Å². The van der Waals surface area contributed by atoms with Gasteiger partial charge in [0.15, 0.2) is 0 Å². The van der Waals surface area contributed by atoms with Crippen molar-refractivity contribution in [3.8, 4) is 0 Å². The molecule has 0 aromatic heterocycles. The average Bonchev–Trinajstić information content (AvgIpc) is 2.60. The SMILES string of the molecule is CN(C)S(=O)(=O)N(CC(=O)N1CCC(C(N)=O)CC1)c1ccccc1F. The first-order chi connectivity index (χ1) is 12.1. The van der Waals surface area contributed by atoms with Crippen molar-refractivity contribution in [2.24, 2.45) is 11.7 Å². The number of hydrogen-bond acceptors (Lipinski definition) is 4. The van der Waals surface area contributed by atoms with Crippen molar-refractivity contribution >= 4 is 27.7 Å². The zero-order valence-electron chi connectivity index (χ0n) is 14.8. The van der Waals surface area contributed by atoms with Crippen LogP contribution >= 0.6 is 0 Å². The highest BCUT2D eigenvalue weighted by Gasteiger charge is 2.32. The second-order valence-electron chi connectivity index (χ2n) is 6.31. The highest BCUT2D eigenvalue weighted by molar-refractivity contribution is 7.90. The molecule has 144 valence electrons. The van der Waals surface area contributed by atoms with Crippen LogP contribution in [0.15, 0.2) is 24.3 Å². The van der Waals surface area contributed by atoms with Gasteiger partial charge in [0.05, 0.1) is 5.69 Å². The van der Waals surface area contributed by atoms with Crippen molar-refractivity contribution in [2.45, 2.75) is 12.8 Å². The van der Waals surface area contributed by atoms with E-state index >= 15 is 0 Å². The first kappa shape index (κ1) is 20.1. The topological polar surface area (TPSA) is 104 Å². The third-order valence-corrected chi connectivity index (χ3v) is 6.20. The number of halogens is 1. The number of benzene rings is 1. The smallest absolute Gasteiger partial charge is 0.304 e. The Bertz CT molecular complexity index is 776. The van der Waals surface area contributed by atoms with Crippen molar-refractivity contribution in [1.29, 1.82) is 0 Å². The average molecular weight is 386 g/mol. The van der Waals surface area contributed by atoms with E-state index in [0.29, 0.717) is 25.9 Å². The Labute approximate surface area is 152 Å². The second-order valence-corrected chi connectivity index (χ2v) is 8.37. The van der Waals surface area contributed by atoms with Crippen LogP contribution in [0.25, 0.3) is 0 Å². The van der Waals surface area contributed by atoms with E-state index in [2.05, 4.69) is 0 Å². The number of nitrogens with two attached hydrogens (primary N) is 1. The number of likely N-dealkylation sites (tertiary alicyclic amines) is 1. The van der Waals surface area contributed by atoms with Crippen molar-refractivity contribution in [2.75, 3.05) is 38.0 Å². The predicted molar refractivity (Wildman–Crippen MR) is 94.9 cm³/mol. The molecular formula is C16H23FN4O4S. The van der Waals surface area contributed by atoms with Gasteiger partial charge in [-0.15, -0.1) is 0 Å². The summed E-state index contributed by atoms with van der Waals surface area (Å²) >= 11 is 0. The molecule has 10 heteroatoms. The lowest BCUT2D eigenvalue weighted by Gasteiger charge is -2.33. The number of primary amides is 1. The first-order valence-electron chi connectivity index (χ1n) is 8.16. The van der Waals surface area contributed by atoms with Gasteiger partial charge in [-0.1, -0.05) is 12.1 Å². The number of rotatable bonds is 6. The van der Waals surface area contributed by atoms with E-state index in [4.69, 9.17) is 5.73 Å². The lowest BCUT2D eigenvalue weighted by atomic mass is 9.96. The Hall–Kier alpha value is -2.20. The maximum absolute atomic E-state index is 14.2. The number of para-hydroxylation sites is 1. The van der Waals surface area contributed by atoms with Crippen LogP contribution in [0.2, 0.25) is 0 Å². The molecule has 0 radical (unpaired) electrons. The van der Waals surface area contributed by atoms with Crippen LogP contribution in [0.3, 0.4) is 0 Å². The molecule has 2 N–H and O–H groups in total. The third kappa shape index (κ3) is 4.31. The summed E-state index contributed by atoms with van der Waals surface area (Å²) in [6.07, 6.45) is 0.863. The van der Waals surface area contributed by atoms with E-state index in [0.717, 1.165) is 14.7 Å². The molecular weight excluding hydrogens is 363 g/mol. The monoisotopic (exact) mass is 386 g/mol. The van der Waals surface area contributed by atoms with Gasteiger partial charge in [0.25, 0.3) is 0 Å². The van der Waals surface area contributed by atoms with Gasteiger partial charge >= 0.3 is 10.2 Å². The van der Waals surface area contributed by atoms with Gasteiger partial charge in [-0.25, -0.2) is 8.70 Å². The van der Waals surface area contributed by atoms with E-state index in [-0.39, 0.29) is 11.6 Å². The summed E-state index contributed by atoms with van der Waals surface area (Å²) in [5, 5.41) is 0. The van der Waals surface area contributed by atoms with Crippen LogP contribution < -0.4 is 10.0 Å². The fourth-order valence-electron chi connectivity index (χ4n) is 2.78. The number of nitrogens with zero attached hydrogens (tertiary/aromatic N) is 3. The quantitative estimate of drug-likeness (QED) is 0.752. The molecule has 0 saturated carbocycles. The molecule has 1 aliphatic heterocycles. The van der Waals surface area contributed by atoms with E-state index in [9.17, 15) is 22.4 Å². The van der Waals surface area contributed by atoms with Crippen LogP contribution in [0.1, 0.15) is 12.8 Å². The van der Waals surface area contributed by atoms with E-state index in [1.54, 1.807) is 0 Å². The minimum absolute atomic E-state index is 0.193. The van der Waals surface area contributed by atoms with E-state index in [1.807, 2.05) is 0 Å². The Morgan fingerprint density at radius 1 is 1.23 bits per heavy atom. The van der Waals surface area contributed by atoms with Crippen molar-refractivity contribution in [3.05, 3.63) is 30.1 Å². The molecule has 2 amide bonds. The van der Waals surface area contributed by atoms with Gasteiger partial charge in [0.2, 0.25) is 11.8 Å². The summed E-state index contributed by atoms with van der Waals surface area (Å²) in [5.41, 5.74) is 5.08. The molecule has 1 saturated heterocycles. The maximum Gasteiger partial charge on any atom is 0.304 e. The minimum Gasteiger partial charge on any atom is -0.369 e. The summed E-state index contributed by atoms with van der Waals surface area (Å²) in [6, 6.07) is 5.38. The molecule has 1 heterocycles. The Balaban J connectivity index is 2.22. The molecule has 8 nitrogen and oxygen atoms in total. The number of carbonyl (C=O) groups excluding carboxylic acids is 2. The van der Waals surface area contributed by atoms with Crippen LogP contribution in [0, 0.1) is 11.7 Å². The fraction of sp³-hybridized carbons (Fsp3) is 0.500. The highest BCUT2D eigenvalue weighted by Crippen LogP contribution is 2.24. The van der Waals surface area contributed by atoms with Crippen LogP contribution in [0.5, 0.6) is 0 Å². The number of hydrogen-bond donors (Lipinski definition) is 1. The molecule has 1 aromatic rings. The lowest BCUT2D eigenvalue weighted by Crippen LogP contribution is -2.49. The number of carbonyl (C=O) groups is 2. The molecule has 1 fully saturated rings. The Morgan fingerprint density at radius 2 is 1.81 bits per heavy atom. The molecule has 0 atom stereocenters. The zero-order valence-corrected chi connectivity index (χ0v) is 15.6. The minimum atomic E-state index is -4.07. The van der Waals surface area contributed by atoms with Gasteiger partial charge in [-0.05, 0) is 25.0 Å². The molecule has 0 unspecified atom stereocenters. The van der Waals surface area contributed by atoms with E-state index < -0.39 is 34.4 Å². The molecule has 26 heavy (non-hydrogen) atoms. The second kappa shape index (κ2) is 8.00. The largest absolute Gasteiger partial charge is 0.369 e. The summed E-state index contributed by atoms with van der Waals surface area (Å²) in [6.45, 7) is 0.0851. The number of amides is 2. The fourth-order valence-corrected chi connectivity index (χ4v) is 3.84. The molecule has 1 aliphatic rings. The third-order valence-electron chi connectivity index (χ3n) is 4.39. The Kier molecular flexibility index (Phi) is 6.19. The van der Waals surface area contributed by atoms with Crippen molar-refractivity contribution in [3.63, 3.8) is 0 Å². The van der Waals surface area contributed by atoms with Gasteiger partial charge < -0.3 is 10.6 Å². The van der Waals surface area contributed by atoms with Gasteiger partial charge in [-0.3, -0.25) is 9.59 Å². The van der Waals surface area contributed by atoms with Gasteiger partial charge in [0.1, 0.15) is 12.4 Å². The summed E-state index contributed by atoms with van der Waals surface area (Å²) in [4.78, 5) is 25.3. The van der Waals surface area contributed by atoms with Crippen LogP contribution in [-0.2, 0) is 19.8 Å². The van der Waals surface area contributed by atoms with Gasteiger partial charge in [-0.2, -0.15) is 12.7 Å². The zero-order chi connectivity index (χ0) is 19.5. The normalized spacial score (nSPS) is 15.9. The molecule has 0 aliphatic carbocycles. The molecule has 2 rings (SSSR count). The summed E-state index contributed by atoms with van der Waals surface area (Å²) in [7, 11) is -1.44. The van der Waals surface area contributed by atoms with E-state index in [1.165, 1.54) is 37.2 Å². The number of piperidine rings is 1. The molecule has 1 aromatic carbocycles. The maximum atomic E-state index is 14.2. The highest BCUT2D eigenvalue weighted by atomic mass is 32.2. The standard InChI is InChI=1S/C16H23FN4O4S/c1-19(2)26(24,25)21(14-6-4-3-5-13(14)17)11-15(22)20-9-7-12(8-10-20)16(18)23/h3-6,12H,7-11H2,1-2H3,(H2,18,23). The summed E-state index contributed by atoms with van der Waals surface area (Å²) < 4.78 is 41.0. The number of anilines is 1.